The number of para-hydroxylation sites is 1. The molecule has 0 saturated carbocycles. The Morgan fingerprint density at radius 2 is 1.92 bits per heavy atom. The van der Waals surface area contributed by atoms with Crippen molar-refractivity contribution in [2.24, 2.45) is 0 Å². The Bertz CT molecular complexity index is 216. The predicted octanol–water partition coefficient (Wildman–Crippen LogP) is 1.86. The van der Waals surface area contributed by atoms with Crippen molar-refractivity contribution in [1.29, 1.82) is 0 Å². The minimum atomic E-state index is -1.98. The summed E-state index contributed by atoms with van der Waals surface area (Å²) in [6.07, 6.45) is 0. The van der Waals surface area contributed by atoms with E-state index in [1.807, 2.05) is 6.07 Å². The first-order valence-electron chi connectivity index (χ1n) is 3.25. The summed E-state index contributed by atoms with van der Waals surface area (Å²) in [6.45, 7) is 0. The van der Waals surface area contributed by atoms with E-state index in [-0.39, 0.29) is 0 Å². The van der Waals surface area contributed by atoms with Crippen molar-refractivity contribution < 1.29 is 19.0 Å². The summed E-state index contributed by atoms with van der Waals surface area (Å²) in [6, 6.07) is 8.87. The van der Waals surface area contributed by atoms with Gasteiger partial charge in [-0.3, -0.25) is 0 Å². The zero-order chi connectivity index (χ0) is 8.81. The van der Waals surface area contributed by atoms with Crippen molar-refractivity contribution >= 4 is 8.60 Å². The van der Waals surface area contributed by atoms with Crippen LogP contribution in [-0.4, -0.2) is 12.0 Å². The second-order valence-electron chi connectivity index (χ2n) is 1.88. The molecule has 66 valence electrons. The van der Waals surface area contributed by atoms with Gasteiger partial charge in [-0.15, -0.1) is 4.67 Å². The molecule has 0 fully saturated rings. The molecular weight excluding hydrogens is 179 g/mol. The molecule has 1 aromatic rings. The van der Waals surface area contributed by atoms with Crippen LogP contribution in [0.25, 0.3) is 0 Å². The van der Waals surface area contributed by atoms with Crippen LogP contribution >= 0.6 is 8.60 Å². The van der Waals surface area contributed by atoms with Crippen molar-refractivity contribution in [1.82, 2.24) is 0 Å². The van der Waals surface area contributed by atoms with E-state index in [1.54, 1.807) is 24.3 Å². The molecule has 1 N–H and O–H groups in total. The van der Waals surface area contributed by atoms with Crippen molar-refractivity contribution in [3.8, 4) is 5.75 Å². The molecule has 0 bridgehead atoms. The lowest BCUT2D eigenvalue weighted by Gasteiger charge is -2.07. The standard InChI is InChI=1S/C7H9O4P/c1-9-11-12(8)10-7-5-3-2-4-6-7/h2-6,8H,1H3. The summed E-state index contributed by atoms with van der Waals surface area (Å²) in [7, 11) is -0.674. The Hall–Kier alpha value is -0.670. The van der Waals surface area contributed by atoms with Gasteiger partial charge in [-0.1, -0.05) is 18.2 Å². The lowest BCUT2D eigenvalue weighted by Crippen LogP contribution is -1.90. The average Bonchev–Trinajstić information content (AvgIpc) is 2.06. The van der Waals surface area contributed by atoms with E-state index in [9.17, 15) is 0 Å². The lowest BCUT2D eigenvalue weighted by molar-refractivity contribution is -0.184. The molecule has 0 heterocycles. The molecule has 0 saturated heterocycles. The summed E-state index contributed by atoms with van der Waals surface area (Å²) < 4.78 is 9.27. The minimum absolute atomic E-state index is 0.545. The third-order valence-corrected chi connectivity index (χ3v) is 1.71. The van der Waals surface area contributed by atoms with Crippen LogP contribution in [0.1, 0.15) is 0 Å². The van der Waals surface area contributed by atoms with Gasteiger partial charge in [0.1, 0.15) is 5.75 Å². The molecule has 1 unspecified atom stereocenters. The van der Waals surface area contributed by atoms with Crippen molar-refractivity contribution in [2.45, 2.75) is 0 Å². The Kier molecular flexibility index (Phi) is 3.97. The van der Waals surface area contributed by atoms with E-state index in [2.05, 4.69) is 9.56 Å². The van der Waals surface area contributed by atoms with Crippen molar-refractivity contribution in [3.05, 3.63) is 30.3 Å². The van der Waals surface area contributed by atoms with Gasteiger partial charge in [0.15, 0.2) is 0 Å². The maximum atomic E-state index is 9.00. The number of hydrogen-bond donors (Lipinski definition) is 1. The highest BCUT2D eigenvalue weighted by Gasteiger charge is 2.07. The monoisotopic (exact) mass is 188 g/mol. The lowest BCUT2D eigenvalue weighted by atomic mass is 10.3. The zero-order valence-electron chi connectivity index (χ0n) is 6.51. The van der Waals surface area contributed by atoms with E-state index < -0.39 is 8.60 Å². The van der Waals surface area contributed by atoms with Crippen LogP contribution in [-0.2, 0) is 9.56 Å². The fourth-order valence-electron chi connectivity index (χ4n) is 0.651. The van der Waals surface area contributed by atoms with Crippen LogP contribution in [0.4, 0.5) is 0 Å². The van der Waals surface area contributed by atoms with Crippen molar-refractivity contribution in [2.75, 3.05) is 7.11 Å². The van der Waals surface area contributed by atoms with Gasteiger partial charge in [0, 0.05) is 0 Å². The molecule has 0 aliphatic rings. The van der Waals surface area contributed by atoms with E-state index in [4.69, 9.17) is 9.42 Å². The highest BCUT2D eigenvalue weighted by Crippen LogP contribution is 2.34. The molecule has 0 aromatic heterocycles. The molecular formula is C7H9O4P. The minimum Gasteiger partial charge on any atom is -0.425 e. The second kappa shape index (κ2) is 5.06. The van der Waals surface area contributed by atoms with Gasteiger partial charge in [0.2, 0.25) is 0 Å². The molecule has 1 rings (SSSR count). The molecule has 1 aromatic carbocycles. The Morgan fingerprint density at radius 3 is 2.50 bits per heavy atom. The van der Waals surface area contributed by atoms with Gasteiger partial charge in [-0.25, -0.2) is 4.89 Å². The predicted molar refractivity (Wildman–Crippen MR) is 44.3 cm³/mol. The molecule has 0 spiro atoms. The highest BCUT2D eigenvalue weighted by molar-refractivity contribution is 7.40. The number of benzene rings is 1. The normalized spacial score (nSPS) is 12.5. The highest BCUT2D eigenvalue weighted by atomic mass is 31.2. The maximum absolute atomic E-state index is 9.00. The molecule has 0 radical (unpaired) electrons. The number of rotatable bonds is 4. The summed E-state index contributed by atoms with van der Waals surface area (Å²) in [5.74, 6) is 0.545. The first-order chi connectivity index (χ1) is 5.83. The summed E-state index contributed by atoms with van der Waals surface area (Å²) >= 11 is 0. The smallest absolute Gasteiger partial charge is 0.424 e. The fraction of sp³-hybridized carbons (Fsp3) is 0.143. The quantitative estimate of drug-likeness (QED) is 0.445. The Labute approximate surface area is 71.6 Å². The van der Waals surface area contributed by atoms with Gasteiger partial charge in [0.25, 0.3) is 0 Å². The van der Waals surface area contributed by atoms with E-state index in [0.29, 0.717) is 5.75 Å². The van der Waals surface area contributed by atoms with Crippen LogP contribution in [0.2, 0.25) is 0 Å². The molecule has 0 amide bonds. The average molecular weight is 188 g/mol. The molecule has 0 aliphatic heterocycles. The van der Waals surface area contributed by atoms with Crippen LogP contribution in [0.15, 0.2) is 30.3 Å². The molecule has 1 atom stereocenters. The maximum Gasteiger partial charge on any atom is 0.424 e. The molecule has 12 heavy (non-hydrogen) atoms. The van der Waals surface area contributed by atoms with Gasteiger partial charge in [0.05, 0.1) is 7.11 Å². The largest absolute Gasteiger partial charge is 0.425 e. The van der Waals surface area contributed by atoms with E-state index >= 15 is 0 Å². The number of hydrogen-bond acceptors (Lipinski definition) is 4. The topological polar surface area (TPSA) is 47.9 Å². The van der Waals surface area contributed by atoms with Gasteiger partial charge >= 0.3 is 8.60 Å². The van der Waals surface area contributed by atoms with E-state index in [1.165, 1.54) is 7.11 Å². The van der Waals surface area contributed by atoms with Crippen LogP contribution in [0, 0.1) is 0 Å². The van der Waals surface area contributed by atoms with Crippen molar-refractivity contribution in [3.63, 3.8) is 0 Å². The first kappa shape index (κ1) is 9.42. The summed E-state index contributed by atoms with van der Waals surface area (Å²) in [4.78, 5) is 13.2. The third-order valence-electron chi connectivity index (χ3n) is 1.07. The molecule has 5 heteroatoms. The fourth-order valence-corrected chi connectivity index (χ4v) is 1.11. The zero-order valence-corrected chi connectivity index (χ0v) is 7.40. The SMILES string of the molecule is COOP(O)Oc1ccccc1. The Balaban J connectivity index is 2.41. The third kappa shape index (κ3) is 3.15. The first-order valence-corrected chi connectivity index (χ1v) is 4.39. The molecule has 4 nitrogen and oxygen atoms in total. The van der Waals surface area contributed by atoms with Crippen LogP contribution in [0.3, 0.4) is 0 Å². The summed E-state index contributed by atoms with van der Waals surface area (Å²) in [5.41, 5.74) is 0. The van der Waals surface area contributed by atoms with Gasteiger partial charge < -0.3 is 9.42 Å². The van der Waals surface area contributed by atoms with E-state index in [0.717, 1.165) is 0 Å². The van der Waals surface area contributed by atoms with Crippen LogP contribution < -0.4 is 4.52 Å². The van der Waals surface area contributed by atoms with Gasteiger partial charge in [-0.05, 0) is 12.1 Å². The second-order valence-corrected chi connectivity index (χ2v) is 2.69. The Morgan fingerprint density at radius 1 is 1.25 bits per heavy atom. The molecule has 0 aliphatic carbocycles. The van der Waals surface area contributed by atoms with Gasteiger partial charge in [-0.2, -0.15) is 0 Å². The van der Waals surface area contributed by atoms with Crippen LogP contribution in [0.5, 0.6) is 5.75 Å². The summed E-state index contributed by atoms with van der Waals surface area (Å²) in [5, 5.41) is 0.